The van der Waals surface area contributed by atoms with Crippen molar-refractivity contribution in [3.8, 4) is 0 Å². The zero-order valence-electron chi connectivity index (χ0n) is 11.7. The van der Waals surface area contributed by atoms with E-state index in [0.29, 0.717) is 6.54 Å². The van der Waals surface area contributed by atoms with Crippen molar-refractivity contribution >= 4 is 11.3 Å². The highest BCUT2D eigenvalue weighted by Gasteiger charge is 2.31. The Kier molecular flexibility index (Phi) is 6.25. The zero-order chi connectivity index (χ0) is 13.6. The van der Waals surface area contributed by atoms with Crippen LogP contribution in [0.15, 0.2) is 16.8 Å². The summed E-state index contributed by atoms with van der Waals surface area (Å²) in [5, 5.41) is 4.26. The number of methoxy groups -OCH3 is 2. The molecule has 0 amide bonds. The Bertz CT molecular complexity index is 328. The quantitative estimate of drug-likeness (QED) is 0.734. The van der Waals surface area contributed by atoms with Gasteiger partial charge in [-0.1, -0.05) is 0 Å². The van der Waals surface area contributed by atoms with Crippen LogP contribution in [-0.4, -0.2) is 44.5 Å². The molecule has 18 heavy (non-hydrogen) atoms. The topological polar surface area (TPSA) is 47.7 Å². The molecule has 1 heterocycles. The SMILES string of the molecule is COC(CC(C)(CN)N(C)Cc1ccsc1)OC. The largest absolute Gasteiger partial charge is 0.356 e. The highest BCUT2D eigenvalue weighted by atomic mass is 32.1. The van der Waals surface area contributed by atoms with Crippen molar-refractivity contribution < 1.29 is 9.47 Å². The van der Waals surface area contributed by atoms with E-state index in [1.807, 2.05) is 0 Å². The average molecular weight is 272 g/mol. The van der Waals surface area contributed by atoms with Crippen LogP contribution in [0.2, 0.25) is 0 Å². The summed E-state index contributed by atoms with van der Waals surface area (Å²) < 4.78 is 10.6. The predicted molar refractivity (Wildman–Crippen MR) is 75.7 cm³/mol. The van der Waals surface area contributed by atoms with Crippen LogP contribution >= 0.6 is 11.3 Å². The minimum atomic E-state index is -0.219. The van der Waals surface area contributed by atoms with E-state index in [0.717, 1.165) is 13.0 Å². The van der Waals surface area contributed by atoms with E-state index in [1.165, 1.54) is 5.56 Å². The third-order valence-electron chi connectivity index (χ3n) is 3.49. The molecule has 1 atom stereocenters. The number of rotatable bonds is 8. The van der Waals surface area contributed by atoms with Crippen LogP contribution in [0.4, 0.5) is 0 Å². The van der Waals surface area contributed by atoms with E-state index in [1.54, 1.807) is 25.6 Å². The van der Waals surface area contributed by atoms with Gasteiger partial charge in [-0.25, -0.2) is 0 Å². The number of nitrogens with zero attached hydrogens (tertiary/aromatic N) is 1. The van der Waals surface area contributed by atoms with Gasteiger partial charge in [0.05, 0.1) is 0 Å². The van der Waals surface area contributed by atoms with Gasteiger partial charge in [-0.3, -0.25) is 4.90 Å². The van der Waals surface area contributed by atoms with E-state index < -0.39 is 0 Å². The lowest BCUT2D eigenvalue weighted by molar-refractivity contribution is -0.127. The molecule has 0 saturated heterocycles. The summed E-state index contributed by atoms with van der Waals surface area (Å²) in [5.41, 5.74) is 7.12. The fraction of sp³-hybridized carbons (Fsp3) is 0.692. The van der Waals surface area contributed by atoms with Crippen LogP contribution in [0.25, 0.3) is 0 Å². The van der Waals surface area contributed by atoms with E-state index in [-0.39, 0.29) is 11.8 Å². The first-order chi connectivity index (χ1) is 8.55. The molecule has 0 aliphatic rings. The maximum absolute atomic E-state index is 5.94. The highest BCUT2D eigenvalue weighted by Crippen LogP contribution is 2.23. The lowest BCUT2D eigenvalue weighted by atomic mass is 9.95. The summed E-state index contributed by atoms with van der Waals surface area (Å²) in [6.07, 6.45) is 0.528. The molecule has 1 rings (SSSR count). The predicted octanol–water partition coefficient (Wildman–Crippen LogP) is 1.91. The first kappa shape index (κ1) is 15.6. The van der Waals surface area contributed by atoms with Gasteiger partial charge in [0.15, 0.2) is 6.29 Å². The molecule has 0 aliphatic carbocycles. The molecule has 0 saturated carbocycles. The van der Waals surface area contributed by atoms with E-state index in [9.17, 15) is 0 Å². The van der Waals surface area contributed by atoms with E-state index in [2.05, 4.69) is 35.7 Å². The minimum Gasteiger partial charge on any atom is -0.356 e. The molecule has 0 aliphatic heterocycles. The molecule has 4 nitrogen and oxygen atoms in total. The van der Waals surface area contributed by atoms with Crippen molar-refractivity contribution in [2.75, 3.05) is 27.8 Å². The van der Waals surface area contributed by atoms with E-state index >= 15 is 0 Å². The number of likely N-dealkylation sites (N-methyl/N-ethyl adjacent to an activating group) is 1. The molecular formula is C13H24N2O2S. The van der Waals surface area contributed by atoms with Crippen molar-refractivity contribution in [3.05, 3.63) is 22.4 Å². The second kappa shape index (κ2) is 7.21. The Morgan fingerprint density at radius 3 is 2.56 bits per heavy atom. The molecule has 104 valence electrons. The number of ether oxygens (including phenoxy) is 2. The maximum atomic E-state index is 5.94. The Hall–Kier alpha value is -0.460. The Labute approximate surface area is 114 Å². The first-order valence-electron chi connectivity index (χ1n) is 6.03. The lowest BCUT2D eigenvalue weighted by Gasteiger charge is -2.39. The fourth-order valence-corrected chi connectivity index (χ4v) is 2.52. The second-order valence-corrected chi connectivity index (χ2v) is 5.57. The molecule has 2 N–H and O–H groups in total. The van der Waals surface area contributed by atoms with Crippen LogP contribution in [-0.2, 0) is 16.0 Å². The lowest BCUT2D eigenvalue weighted by Crippen LogP contribution is -2.51. The van der Waals surface area contributed by atoms with Gasteiger partial charge in [0, 0.05) is 39.3 Å². The van der Waals surface area contributed by atoms with Crippen LogP contribution in [0.5, 0.6) is 0 Å². The number of hydrogen-bond donors (Lipinski definition) is 1. The molecule has 0 bridgehead atoms. The third kappa shape index (κ3) is 4.03. The number of thiophene rings is 1. The molecular weight excluding hydrogens is 248 g/mol. The summed E-state index contributed by atoms with van der Waals surface area (Å²) in [5.74, 6) is 0. The molecule has 1 aromatic heterocycles. The third-order valence-corrected chi connectivity index (χ3v) is 4.23. The van der Waals surface area contributed by atoms with Gasteiger partial charge in [-0.05, 0) is 36.4 Å². The first-order valence-corrected chi connectivity index (χ1v) is 6.98. The van der Waals surface area contributed by atoms with Crippen molar-refractivity contribution in [1.82, 2.24) is 4.90 Å². The van der Waals surface area contributed by atoms with Crippen LogP contribution in [0, 0.1) is 0 Å². The van der Waals surface area contributed by atoms with E-state index in [4.69, 9.17) is 15.2 Å². The zero-order valence-corrected chi connectivity index (χ0v) is 12.5. The summed E-state index contributed by atoms with van der Waals surface area (Å²) in [6, 6.07) is 2.14. The summed E-state index contributed by atoms with van der Waals surface area (Å²) in [6.45, 7) is 3.60. The van der Waals surface area contributed by atoms with Crippen LogP contribution in [0.1, 0.15) is 18.9 Å². The highest BCUT2D eigenvalue weighted by molar-refractivity contribution is 7.07. The van der Waals surface area contributed by atoms with Crippen LogP contribution < -0.4 is 5.73 Å². The van der Waals surface area contributed by atoms with Gasteiger partial charge in [-0.15, -0.1) is 0 Å². The maximum Gasteiger partial charge on any atom is 0.158 e. The smallest absolute Gasteiger partial charge is 0.158 e. The Morgan fingerprint density at radius 2 is 2.11 bits per heavy atom. The number of nitrogens with two attached hydrogens (primary N) is 1. The van der Waals surface area contributed by atoms with Gasteiger partial charge >= 0.3 is 0 Å². The standard InChI is InChI=1S/C13H24N2O2S/c1-13(10-14,7-12(16-3)17-4)15(2)8-11-5-6-18-9-11/h5-6,9,12H,7-8,10,14H2,1-4H3. The fourth-order valence-electron chi connectivity index (χ4n) is 1.86. The van der Waals surface area contributed by atoms with Gasteiger partial charge in [0.25, 0.3) is 0 Å². The van der Waals surface area contributed by atoms with Gasteiger partial charge in [0.2, 0.25) is 0 Å². The molecule has 0 radical (unpaired) electrons. The molecule has 1 unspecified atom stereocenters. The minimum absolute atomic E-state index is 0.140. The monoisotopic (exact) mass is 272 g/mol. The molecule has 0 aromatic carbocycles. The molecule has 1 aromatic rings. The summed E-state index contributed by atoms with van der Waals surface area (Å²) >= 11 is 1.72. The van der Waals surface area contributed by atoms with Crippen LogP contribution in [0.3, 0.4) is 0 Å². The van der Waals surface area contributed by atoms with Crippen molar-refractivity contribution in [2.24, 2.45) is 5.73 Å². The normalized spacial score (nSPS) is 15.3. The summed E-state index contributed by atoms with van der Waals surface area (Å²) in [7, 11) is 5.40. The van der Waals surface area contributed by atoms with Gasteiger partial charge in [-0.2, -0.15) is 11.3 Å². The number of hydrogen-bond acceptors (Lipinski definition) is 5. The van der Waals surface area contributed by atoms with Gasteiger partial charge < -0.3 is 15.2 Å². The molecule has 0 spiro atoms. The summed E-state index contributed by atoms with van der Waals surface area (Å²) in [4.78, 5) is 2.26. The van der Waals surface area contributed by atoms with Crippen molar-refractivity contribution in [3.63, 3.8) is 0 Å². The average Bonchev–Trinajstić information content (AvgIpc) is 2.88. The van der Waals surface area contributed by atoms with Gasteiger partial charge in [0.1, 0.15) is 0 Å². The van der Waals surface area contributed by atoms with Crippen molar-refractivity contribution in [1.29, 1.82) is 0 Å². The molecule has 0 fully saturated rings. The second-order valence-electron chi connectivity index (χ2n) is 4.79. The van der Waals surface area contributed by atoms with Crippen molar-refractivity contribution in [2.45, 2.75) is 31.7 Å². The Morgan fingerprint density at radius 1 is 1.44 bits per heavy atom. The molecule has 5 heteroatoms. The Balaban J connectivity index is 2.67.